The molecular weight excluding hydrogens is 388 g/mol. The van der Waals surface area contributed by atoms with Gasteiger partial charge in [-0.2, -0.15) is 5.10 Å². The average Bonchev–Trinajstić information content (AvgIpc) is 3.08. The predicted octanol–water partition coefficient (Wildman–Crippen LogP) is 3.30. The summed E-state index contributed by atoms with van der Waals surface area (Å²) in [7, 11) is -3.47. The van der Waals surface area contributed by atoms with Gasteiger partial charge in [-0.15, -0.1) is 0 Å². The number of benzene rings is 1. The first-order chi connectivity index (χ1) is 13.2. The summed E-state index contributed by atoms with van der Waals surface area (Å²) in [5.41, 5.74) is 1.76. The van der Waals surface area contributed by atoms with E-state index in [1.54, 1.807) is 16.8 Å². The highest BCUT2D eigenvalue weighted by atomic mass is 32.2. The highest BCUT2D eigenvalue weighted by molar-refractivity contribution is 7.89. The Balaban J connectivity index is 1.66. The van der Waals surface area contributed by atoms with E-state index in [9.17, 15) is 17.2 Å². The Morgan fingerprint density at radius 2 is 2.00 bits per heavy atom. The first kappa shape index (κ1) is 20.7. The van der Waals surface area contributed by atoms with E-state index in [0.717, 1.165) is 11.4 Å². The molecular formula is C19H25F2N3O3S. The van der Waals surface area contributed by atoms with Crippen molar-refractivity contribution < 1.29 is 21.9 Å². The maximum absolute atomic E-state index is 13.9. The smallest absolute Gasteiger partial charge is 0.248 e. The number of aromatic nitrogens is 2. The standard InChI is InChI=1S/C19H25F2N3O3S/c1-3-28(25,26)23-18-8-10-19(20,21)12-15(18)13-27-17-6-4-16(5-7-17)24-11-9-14(2)22-24/h4-7,9,11,15,18,23H,3,8,10,12-13H2,1-2H3/t15-,18+/m0/s1. The third-order valence-electron chi connectivity index (χ3n) is 4.95. The van der Waals surface area contributed by atoms with E-state index in [1.807, 2.05) is 31.3 Å². The van der Waals surface area contributed by atoms with E-state index in [-0.39, 0.29) is 25.2 Å². The summed E-state index contributed by atoms with van der Waals surface area (Å²) in [6, 6.07) is 8.50. The Hall–Kier alpha value is -2.00. The molecule has 0 amide bonds. The highest BCUT2D eigenvalue weighted by Gasteiger charge is 2.42. The molecule has 1 aromatic carbocycles. The summed E-state index contributed by atoms with van der Waals surface area (Å²) >= 11 is 0. The molecule has 28 heavy (non-hydrogen) atoms. The van der Waals surface area contributed by atoms with Crippen LogP contribution in [0.4, 0.5) is 8.78 Å². The van der Waals surface area contributed by atoms with Crippen molar-refractivity contribution >= 4 is 10.0 Å². The van der Waals surface area contributed by atoms with E-state index < -0.39 is 34.3 Å². The molecule has 3 rings (SSSR count). The summed E-state index contributed by atoms with van der Waals surface area (Å²) in [6.45, 7) is 3.44. The fourth-order valence-electron chi connectivity index (χ4n) is 3.33. The second-order valence-corrected chi connectivity index (χ2v) is 9.24. The van der Waals surface area contributed by atoms with E-state index in [0.29, 0.717) is 5.75 Å². The third-order valence-corrected chi connectivity index (χ3v) is 6.37. The normalized spacial score (nSPS) is 22.1. The lowest BCUT2D eigenvalue weighted by Gasteiger charge is -2.36. The molecule has 1 aliphatic carbocycles. The minimum Gasteiger partial charge on any atom is -0.493 e. The Kier molecular flexibility index (Phi) is 6.04. The molecule has 0 aliphatic heterocycles. The van der Waals surface area contributed by atoms with Gasteiger partial charge in [0, 0.05) is 31.0 Å². The number of hydrogen-bond acceptors (Lipinski definition) is 4. The van der Waals surface area contributed by atoms with Gasteiger partial charge in [0.15, 0.2) is 0 Å². The van der Waals surface area contributed by atoms with Crippen LogP contribution in [0.25, 0.3) is 5.69 Å². The number of alkyl halides is 2. The number of nitrogens with one attached hydrogen (secondary N) is 1. The molecule has 154 valence electrons. The average molecular weight is 413 g/mol. The molecule has 1 aliphatic rings. The molecule has 2 aromatic rings. The van der Waals surface area contributed by atoms with Crippen LogP contribution in [0, 0.1) is 12.8 Å². The van der Waals surface area contributed by atoms with Gasteiger partial charge in [0.05, 0.1) is 23.7 Å². The SMILES string of the molecule is CCS(=O)(=O)N[C@@H]1CCC(F)(F)C[C@H]1COc1ccc(-n2ccc(C)n2)cc1. The lowest BCUT2D eigenvalue weighted by atomic mass is 9.83. The van der Waals surface area contributed by atoms with Crippen LogP contribution < -0.4 is 9.46 Å². The lowest BCUT2D eigenvalue weighted by molar-refractivity contribution is -0.0660. The van der Waals surface area contributed by atoms with Gasteiger partial charge in [-0.05, 0) is 50.6 Å². The van der Waals surface area contributed by atoms with Crippen molar-refractivity contribution in [3.63, 3.8) is 0 Å². The minimum atomic E-state index is -3.47. The molecule has 0 spiro atoms. The van der Waals surface area contributed by atoms with Crippen molar-refractivity contribution in [3.05, 3.63) is 42.2 Å². The molecule has 1 fully saturated rings. The largest absolute Gasteiger partial charge is 0.493 e. The number of hydrogen-bond donors (Lipinski definition) is 1. The zero-order valence-corrected chi connectivity index (χ0v) is 16.8. The number of nitrogens with zero attached hydrogens (tertiary/aromatic N) is 2. The lowest BCUT2D eigenvalue weighted by Crippen LogP contribution is -2.48. The van der Waals surface area contributed by atoms with Crippen LogP contribution in [0.1, 0.15) is 31.9 Å². The molecule has 0 unspecified atom stereocenters. The van der Waals surface area contributed by atoms with E-state index in [2.05, 4.69) is 9.82 Å². The van der Waals surface area contributed by atoms with E-state index >= 15 is 0 Å². The molecule has 0 radical (unpaired) electrons. The second-order valence-electron chi connectivity index (χ2n) is 7.19. The van der Waals surface area contributed by atoms with Crippen molar-refractivity contribution in [2.24, 2.45) is 5.92 Å². The number of sulfonamides is 1. The van der Waals surface area contributed by atoms with Crippen LogP contribution in [-0.2, 0) is 10.0 Å². The topological polar surface area (TPSA) is 73.2 Å². The van der Waals surface area contributed by atoms with Gasteiger partial charge >= 0.3 is 0 Å². The minimum absolute atomic E-state index is 0.0206. The quantitative estimate of drug-likeness (QED) is 0.756. The van der Waals surface area contributed by atoms with Crippen LogP contribution in [-0.4, -0.2) is 42.5 Å². The zero-order chi connectivity index (χ0) is 20.4. The second kappa shape index (κ2) is 8.16. The van der Waals surface area contributed by atoms with Crippen molar-refractivity contribution in [2.45, 2.75) is 45.1 Å². The number of ether oxygens (including phenoxy) is 1. The molecule has 6 nitrogen and oxygen atoms in total. The zero-order valence-electron chi connectivity index (χ0n) is 15.9. The van der Waals surface area contributed by atoms with Crippen LogP contribution >= 0.6 is 0 Å². The summed E-state index contributed by atoms with van der Waals surface area (Å²) in [5, 5.41) is 4.33. The third kappa shape index (κ3) is 5.29. The van der Waals surface area contributed by atoms with Gasteiger partial charge in [0.25, 0.3) is 0 Å². The Bertz CT molecular complexity index is 897. The first-order valence-corrected chi connectivity index (χ1v) is 11.0. The van der Waals surface area contributed by atoms with Crippen molar-refractivity contribution in [1.29, 1.82) is 0 Å². The number of halogens is 2. The molecule has 9 heteroatoms. The first-order valence-electron chi connectivity index (χ1n) is 9.31. The Labute approximate surface area is 163 Å². The summed E-state index contributed by atoms with van der Waals surface area (Å²) in [4.78, 5) is 0. The van der Waals surface area contributed by atoms with Crippen molar-refractivity contribution in [1.82, 2.24) is 14.5 Å². The van der Waals surface area contributed by atoms with Crippen molar-refractivity contribution in [2.75, 3.05) is 12.4 Å². The Morgan fingerprint density at radius 3 is 2.61 bits per heavy atom. The van der Waals surface area contributed by atoms with Crippen LogP contribution in [0.5, 0.6) is 5.75 Å². The van der Waals surface area contributed by atoms with Gasteiger partial charge in [0.2, 0.25) is 15.9 Å². The molecule has 0 bridgehead atoms. The molecule has 0 saturated heterocycles. The number of rotatable bonds is 7. The van der Waals surface area contributed by atoms with E-state index in [4.69, 9.17) is 4.74 Å². The van der Waals surface area contributed by atoms with Gasteiger partial charge in [-0.1, -0.05) is 0 Å². The number of aryl methyl sites for hydroxylation is 1. The predicted molar refractivity (Wildman–Crippen MR) is 102 cm³/mol. The molecule has 1 saturated carbocycles. The fraction of sp³-hybridized carbons (Fsp3) is 0.526. The highest BCUT2D eigenvalue weighted by Crippen LogP contribution is 2.37. The molecule has 1 heterocycles. The van der Waals surface area contributed by atoms with Crippen LogP contribution in [0.15, 0.2) is 36.5 Å². The van der Waals surface area contributed by atoms with E-state index in [1.165, 1.54) is 6.92 Å². The molecule has 1 N–H and O–H groups in total. The van der Waals surface area contributed by atoms with Crippen LogP contribution in [0.3, 0.4) is 0 Å². The van der Waals surface area contributed by atoms with Gasteiger partial charge in [-0.3, -0.25) is 0 Å². The molecule has 1 aromatic heterocycles. The maximum atomic E-state index is 13.9. The summed E-state index contributed by atoms with van der Waals surface area (Å²) in [6.07, 6.45) is 1.23. The monoisotopic (exact) mass is 413 g/mol. The van der Waals surface area contributed by atoms with Gasteiger partial charge < -0.3 is 4.74 Å². The summed E-state index contributed by atoms with van der Waals surface area (Å²) < 4.78 is 61.5. The van der Waals surface area contributed by atoms with Gasteiger partial charge in [-0.25, -0.2) is 26.6 Å². The van der Waals surface area contributed by atoms with Crippen molar-refractivity contribution in [3.8, 4) is 11.4 Å². The van der Waals surface area contributed by atoms with Gasteiger partial charge in [0.1, 0.15) is 5.75 Å². The van der Waals surface area contributed by atoms with Crippen LogP contribution in [0.2, 0.25) is 0 Å². The maximum Gasteiger partial charge on any atom is 0.248 e. The summed E-state index contributed by atoms with van der Waals surface area (Å²) in [5.74, 6) is -2.94. The molecule has 2 atom stereocenters. The Morgan fingerprint density at radius 1 is 1.29 bits per heavy atom. The fourth-order valence-corrected chi connectivity index (χ4v) is 4.27.